The minimum absolute atomic E-state index is 0.168. The molecule has 2 aromatic rings. The average molecular weight is 325 g/mol. The van der Waals surface area contributed by atoms with Crippen LogP contribution >= 0.6 is 11.3 Å². The summed E-state index contributed by atoms with van der Waals surface area (Å²) in [5, 5.41) is 8.69. The van der Waals surface area contributed by atoms with Crippen LogP contribution in [-0.2, 0) is 21.1 Å². The van der Waals surface area contributed by atoms with Crippen LogP contribution in [-0.4, -0.2) is 30.7 Å². The highest BCUT2D eigenvalue weighted by Crippen LogP contribution is 2.33. The van der Waals surface area contributed by atoms with E-state index in [1.165, 1.54) is 0 Å². The summed E-state index contributed by atoms with van der Waals surface area (Å²) >= 11 is 1.15. The van der Waals surface area contributed by atoms with Crippen LogP contribution in [0.2, 0.25) is 0 Å². The fraction of sp³-hybridized carbons (Fsp3) is 0.286. The summed E-state index contributed by atoms with van der Waals surface area (Å²) in [4.78, 5) is 15.9. The summed E-state index contributed by atoms with van der Waals surface area (Å²) in [6, 6.07) is 9.18. The number of carboxylic acids is 1. The molecule has 1 unspecified atom stereocenters. The SMILES string of the molecule is CC(c1nc(-c2ccccc2)c(CC(=O)O)s1)S(C)(=O)=O. The molecule has 0 saturated heterocycles. The van der Waals surface area contributed by atoms with Crippen molar-refractivity contribution in [1.82, 2.24) is 4.98 Å². The predicted octanol–water partition coefficient (Wildman–Crippen LogP) is 2.54. The quantitative estimate of drug-likeness (QED) is 0.913. The van der Waals surface area contributed by atoms with E-state index in [4.69, 9.17) is 5.11 Å². The molecule has 1 heterocycles. The van der Waals surface area contributed by atoms with Gasteiger partial charge in [-0.1, -0.05) is 30.3 Å². The molecule has 1 N–H and O–H groups in total. The van der Waals surface area contributed by atoms with Gasteiger partial charge < -0.3 is 5.11 Å². The van der Waals surface area contributed by atoms with E-state index in [0.29, 0.717) is 15.6 Å². The molecule has 0 radical (unpaired) electrons. The smallest absolute Gasteiger partial charge is 0.308 e. The molecular weight excluding hydrogens is 310 g/mol. The van der Waals surface area contributed by atoms with Gasteiger partial charge in [-0.05, 0) is 6.92 Å². The van der Waals surface area contributed by atoms with Crippen LogP contribution in [0.4, 0.5) is 0 Å². The first-order valence-electron chi connectivity index (χ1n) is 6.24. The number of carboxylic acid groups (broad SMARTS) is 1. The molecular formula is C14H15NO4S2. The zero-order valence-corrected chi connectivity index (χ0v) is 13.2. The second-order valence-electron chi connectivity index (χ2n) is 4.73. The molecule has 7 heteroatoms. The second kappa shape index (κ2) is 5.95. The van der Waals surface area contributed by atoms with Gasteiger partial charge in [-0.15, -0.1) is 11.3 Å². The van der Waals surface area contributed by atoms with Gasteiger partial charge in [-0.3, -0.25) is 4.79 Å². The monoisotopic (exact) mass is 325 g/mol. The normalized spacial score (nSPS) is 13.0. The molecule has 0 aliphatic rings. The lowest BCUT2D eigenvalue weighted by atomic mass is 10.1. The number of rotatable bonds is 5. The Hall–Kier alpha value is -1.73. The zero-order chi connectivity index (χ0) is 15.6. The molecule has 0 saturated carbocycles. The van der Waals surface area contributed by atoms with Crippen LogP contribution in [0.5, 0.6) is 0 Å². The molecule has 0 bridgehead atoms. The van der Waals surface area contributed by atoms with E-state index in [-0.39, 0.29) is 6.42 Å². The lowest BCUT2D eigenvalue weighted by molar-refractivity contribution is -0.136. The molecule has 21 heavy (non-hydrogen) atoms. The molecule has 0 spiro atoms. The van der Waals surface area contributed by atoms with Gasteiger partial charge in [0.15, 0.2) is 9.84 Å². The number of nitrogens with zero attached hydrogens (tertiary/aromatic N) is 1. The molecule has 5 nitrogen and oxygen atoms in total. The van der Waals surface area contributed by atoms with Gasteiger partial charge in [-0.2, -0.15) is 0 Å². The topological polar surface area (TPSA) is 84.3 Å². The molecule has 112 valence electrons. The molecule has 1 aromatic carbocycles. The van der Waals surface area contributed by atoms with Crippen molar-refractivity contribution >= 4 is 27.1 Å². The summed E-state index contributed by atoms with van der Waals surface area (Å²) in [6.45, 7) is 1.56. The highest BCUT2D eigenvalue weighted by molar-refractivity contribution is 7.91. The van der Waals surface area contributed by atoms with Gasteiger partial charge in [0.1, 0.15) is 10.3 Å². The summed E-state index contributed by atoms with van der Waals surface area (Å²) in [7, 11) is -3.27. The van der Waals surface area contributed by atoms with E-state index in [1.54, 1.807) is 6.92 Å². The zero-order valence-electron chi connectivity index (χ0n) is 11.6. The fourth-order valence-electron chi connectivity index (χ4n) is 1.81. The van der Waals surface area contributed by atoms with Gasteiger partial charge in [0.25, 0.3) is 0 Å². The maximum Gasteiger partial charge on any atom is 0.308 e. The number of sulfone groups is 1. The van der Waals surface area contributed by atoms with Crippen molar-refractivity contribution < 1.29 is 18.3 Å². The Labute approximate surface area is 127 Å². The van der Waals surface area contributed by atoms with Gasteiger partial charge in [0.05, 0.1) is 12.1 Å². The lowest BCUT2D eigenvalue weighted by Gasteiger charge is -2.04. The first-order valence-corrected chi connectivity index (χ1v) is 9.02. The van der Waals surface area contributed by atoms with Gasteiger partial charge >= 0.3 is 5.97 Å². The average Bonchev–Trinajstić information content (AvgIpc) is 2.80. The molecule has 0 aliphatic heterocycles. The van der Waals surface area contributed by atoms with Crippen molar-refractivity contribution in [2.24, 2.45) is 0 Å². The second-order valence-corrected chi connectivity index (χ2v) is 8.21. The van der Waals surface area contributed by atoms with E-state index in [1.807, 2.05) is 30.3 Å². The fourth-order valence-corrected chi connectivity index (χ4v) is 3.90. The number of thiazole rings is 1. The Kier molecular flexibility index (Phi) is 4.43. The lowest BCUT2D eigenvalue weighted by Crippen LogP contribution is -2.07. The third kappa shape index (κ3) is 3.68. The van der Waals surface area contributed by atoms with Crippen molar-refractivity contribution in [2.45, 2.75) is 18.6 Å². The molecule has 1 aromatic heterocycles. The first-order chi connectivity index (χ1) is 9.79. The van der Waals surface area contributed by atoms with E-state index < -0.39 is 21.1 Å². The van der Waals surface area contributed by atoms with Crippen LogP contribution < -0.4 is 0 Å². The molecule has 0 amide bonds. The van der Waals surface area contributed by atoms with Crippen molar-refractivity contribution in [2.75, 3.05) is 6.26 Å². The molecule has 0 fully saturated rings. The Balaban J connectivity index is 2.53. The first kappa shape index (κ1) is 15.7. The minimum atomic E-state index is -3.27. The number of aliphatic carboxylic acids is 1. The number of carbonyl (C=O) groups is 1. The molecule has 1 atom stereocenters. The van der Waals surface area contributed by atoms with Gasteiger partial charge in [0.2, 0.25) is 0 Å². The van der Waals surface area contributed by atoms with E-state index in [2.05, 4.69) is 4.98 Å². The standard InChI is InChI=1S/C14H15NO4S2/c1-9(21(2,18)19)14-15-13(10-6-4-3-5-7-10)11(20-14)8-12(16)17/h3-7,9H,8H2,1-2H3,(H,16,17). The van der Waals surface area contributed by atoms with E-state index >= 15 is 0 Å². The number of aromatic nitrogens is 1. The Bertz CT molecular complexity index is 751. The van der Waals surface area contributed by atoms with Crippen molar-refractivity contribution in [3.8, 4) is 11.3 Å². The number of benzene rings is 1. The van der Waals surface area contributed by atoms with Gasteiger partial charge in [-0.25, -0.2) is 13.4 Å². The van der Waals surface area contributed by atoms with Crippen LogP contribution in [0.15, 0.2) is 30.3 Å². The maximum atomic E-state index is 11.7. The minimum Gasteiger partial charge on any atom is -0.481 e. The summed E-state index contributed by atoms with van der Waals surface area (Å²) in [6.07, 6.45) is 0.983. The Morgan fingerprint density at radius 3 is 2.48 bits per heavy atom. The Morgan fingerprint density at radius 2 is 1.95 bits per heavy atom. The van der Waals surface area contributed by atoms with Crippen molar-refractivity contribution in [3.63, 3.8) is 0 Å². The summed E-state index contributed by atoms with van der Waals surface area (Å²) in [5.74, 6) is -0.964. The van der Waals surface area contributed by atoms with Crippen LogP contribution in [0.3, 0.4) is 0 Å². The largest absolute Gasteiger partial charge is 0.481 e. The Morgan fingerprint density at radius 1 is 1.33 bits per heavy atom. The number of hydrogen-bond acceptors (Lipinski definition) is 5. The molecule has 0 aliphatic carbocycles. The highest BCUT2D eigenvalue weighted by atomic mass is 32.2. The number of hydrogen-bond donors (Lipinski definition) is 1. The summed E-state index contributed by atoms with van der Waals surface area (Å²) < 4.78 is 23.3. The maximum absolute atomic E-state index is 11.7. The summed E-state index contributed by atoms with van der Waals surface area (Å²) in [5.41, 5.74) is 1.34. The van der Waals surface area contributed by atoms with Crippen LogP contribution in [0.25, 0.3) is 11.3 Å². The predicted molar refractivity (Wildman–Crippen MR) is 82.1 cm³/mol. The van der Waals surface area contributed by atoms with Crippen molar-refractivity contribution in [3.05, 3.63) is 40.2 Å². The third-order valence-corrected chi connectivity index (χ3v) is 5.96. The van der Waals surface area contributed by atoms with E-state index in [9.17, 15) is 13.2 Å². The van der Waals surface area contributed by atoms with E-state index in [0.717, 1.165) is 23.2 Å². The highest BCUT2D eigenvalue weighted by Gasteiger charge is 2.24. The van der Waals surface area contributed by atoms with Gasteiger partial charge in [0, 0.05) is 16.7 Å². The van der Waals surface area contributed by atoms with Crippen LogP contribution in [0.1, 0.15) is 22.1 Å². The van der Waals surface area contributed by atoms with Crippen molar-refractivity contribution in [1.29, 1.82) is 0 Å². The molecule has 2 rings (SSSR count). The van der Waals surface area contributed by atoms with Crippen LogP contribution in [0, 0.1) is 0 Å². The third-order valence-electron chi connectivity index (χ3n) is 3.06.